The lowest BCUT2D eigenvalue weighted by atomic mass is 9.83. The van der Waals surface area contributed by atoms with Gasteiger partial charge in [0.1, 0.15) is 0 Å². The van der Waals surface area contributed by atoms with Crippen molar-refractivity contribution in [3.8, 4) is 0 Å². The van der Waals surface area contributed by atoms with Gasteiger partial charge in [-0.25, -0.2) is 0 Å². The van der Waals surface area contributed by atoms with Crippen molar-refractivity contribution in [2.75, 3.05) is 7.05 Å². The zero-order valence-electron chi connectivity index (χ0n) is 9.40. The van der Waals surface area contributed by atoms with Crippen LogP contribution in [0.4, 0.5) is 0 Å². The molecule has 2 atom stereocenters. The molecule has 1 aliphatic rings. The third-order valence-electron chi connectivity index (χ3n) is 3.26. The van der Waals surface area contributed by atoms with E-state index in [4.69, 9.17) is 5.11 Å². The summed E-state index contributed by atoms with van der Waals surface area (Å²) in [5, 5.41) is 8.72. The molecule has 0 aliphatic heterocycles. The predicted octanol–water partition coefficient (Wildman–Crippen LogP) is 1.50. The number of carbonyl (C=O) groups excluding carboxylic acids is 1. The number of hydrogen-bond donors (Lipinski definition) is 1. The number of rotatable bonds is 3. The smallest absolute Gasteiger partial charge is 0.303 e. The van der Waals surface area contributed by atoms with Gasteiger partial charge in [0.15, 0.2) is 0 Å². The minimum atomic E-state index is -0.730. The molecule has 0 radical (unpaired) electrons. The fourth-order valence-corrected chi connectivity index (χ4v) is 2.30. The Kier molecular flexibility index (Phi) is 4.12. The molecule has 1 aliphatic carbocycles. The third-order valence-corrected chi connectivity index (χ3v) is 3.26. The summed E-state index contributed by atoms with van der Waals surface area (Å²) in [6.45, 7) is 1.56. The molecule has 4 nitrogen and oxygen atoms in total. The maximum Gasteiger partial charge on any atom is 0.303 e. The summed E-state index contributed by atoms with van der Waals surface area (Å²) >= 11 is 0. The summed E-state index contributed by atoms with van der Waals surface area (Å²) in [4.78, 5) is 23.5. The van der Waals surface area contributed by atoms with Crippen molar-refractivity contribution in [1.29, 1.82) is 0 Å². The van der Waals surface area contributed by atoms with Gasteiger partial charge in [-0.2, -0.15) is 0 Å². The molecule has 15 heavy (non-hydrogen) atoms. The standard InChI is InChI=1S/C11H19NO3/c1-8(13)12(2)10-5-3-4-9(6-10)7-11(14)15/h9-10H,3-7H2,1-2H3,(H,14,15). The van der Waals surface area contributed by atoms with Crippen LogP contribution in [-0.2, 0) is 9.59 Å². The Balaban J connectivity index is 2.48. The molecule has 2 unspecified atom stereocenters. The minimum Gasteiger partial charge on any atom is -0.481 e. The van der Waals surface area contributed by atoms with Crippen LogP contribution in [-0.4, -0.2) is 35.0 Å². The number of hydrogen-bond acceptors (Lipinski definition) is 2. The lowest BCUT2D eigenvalue weighted by Crippen LogP contribution is -2.39. The quantitative estimate of drug-likeness (QED) is 0.772. The van der Waals surface area contributed by atoms with Crippen molar-refractivity contribution in [2.45, 2.75) is 45.1 Å². The average molecular weight is 213 g/mol. The Bertz CT molecular complexity index is 252. The summed E-state index contributed by atoms with van der Waals surface area (Å²) in [5.41, 5.74) is 0. The first-order chi connectivity index (χ1) is 7.00. The highest BCUT2D eigenvalue weighted by molar-refractivity contribution is 5.73. The van der Waals surface area contributed by atoms with E-state index in [1.165, 1.54) is 0 Å². The molecular formula is C11H19NO3. The van der Waals surface area contributed by atoms with Crippen molar-refractivity contribution in [3.63, 3.8) is 0 Å². The van der Waals surface area contributed by atoms with E-state index in [1.54, 1.807) is 18.9 Å². The number of aliphatic carboxylic acids is 1. The Hall–Kier alpha value is -1.06. The molecule has 86 valence electrons. The van der Waals surface area contributed by atoms with Crippen LogP contribution in [0.5, 0.6) is 0 Å². The maximum atomic E-state index is 11.2. The normalized spacial score (nSPS) is 26.0. The summed E-state index contributed by atoms with van der Waals surface area (Å²) in [7, 11) is 1.80. The molecule has 1 amide bonds. The first kappa shape index (κ1) is 12.0. The number of carboxylic acids is 1. The van der Waals surface area contributed by atoms with Crippen molar-refractivity contribution < 1.29 is 14.7 Å². The molecule has 1 fully saturated rings. The molecule has 1 N–H and O–H groups in total. The van der Waals surface area contributed by atoms with Crippen molar-refractivity contribution in [3.05, 3.63) is 0 Å². The largest absolute Gasteiger partial charge is 0.481 e. The van der Waals surface area contributed by atoms with Gasteiger partial charge >= 0.3 is 5.97 Å². The highest BCUT2D eigenvalue weighted by atomic mass is 16.4. The molecular weight excluding hydrogens is 194 g/mol. The van der Waals surface area contributed by atoms with Crippen LogP contribution >= 0.6 is 0 Å². The van der Waals surface area contributed by atoms with Gasteiger partial charge in [0, 0.05) is 26.4 Å². The fourth-order valence-electron chi connectivity index (χ4n) is 2.30. The minimum absolute atomic E-state index is 0.0657. The first-order valence-electron chi connectivity index (χ1n) is 5.46. The van der Waals surface area contributed by atoms with Gasteiger partial charge in [-0.15, -0.1) is 0 Å². The second kappa shape index (κ2) is 5.14. The molecule has 0 heterocycles. The van der Waals surface area contributed by atoms with Crippen LogP contribution in [0.2, 0.25) is 0 Å². The topological polar surface area (TPSA) is 57.6 Å². The lowest BCUT2D eigenvalue weighted by Gasteiger charge is -2.34. The molecule has 4 heteroatoms. The lowest BCUT2D eigenvalue weighted by molar-refractivity contribution is -0.138. The van der Waals surface area contributed by atoms with Crippen LogP contribution in [0, 0.1) is 5.92 Å². The zero-order chi connectivity index (χ0) is 11.4. The van der Waals surface area contributed by atoms with Crippen molar-refractivity contribution >= 4 is 11.9 Å². The number of nitrogens with zero attached hydrogens (tertiary/aromatic N) is 1. The highest BCUT2D eigenvalue weighted by Crippen LogP contribution is 2.29. The van der Waals surface area contributed by atoms with Crippen LogP contribution in [0.3, 0.4) is 0 Å². The molecule has 0 aromatic heterocycles. The number of carboxylic acid groups (broad SMARTS) is 1. The van der Waals surface area contributed by atoms with E-state index < -0.39 is 5.97 Å². The van der Waals surface area contributed by atoms with E-state index in [2.05, 4.69) is 0 Å². The summed E-state index contributed by atoms with van der Waals surface area (Å²) in [6.07, 6.45) is 4.09. The van der Waals surface area contributed by atoms with E-state index in [1.807, 2.05) is 0 Å². The summed E-state index contributed by atoms with van der Waals surface area (Å²) in [6, 6.07) is 0.237. The highest BCUT2D eigenvalue weighted by Gasteiger charge is 2.27. The van der Waals surface area contributed by atoms with E-state index in [-0.39, 0.29) is 24.3 Å². The molecule has 0 aromatic rings. The van der Waals surface area contributed by atoms with Gasteiger partial charge in [0.25, 0.3) is 0 Å². The SMILES string of the molecule is CC(=O)N(C)C1CCCC(CC(=O)O)C1. The Morgan fingerprint density at radius 2 is 2.07 bits per heavy atom. The fraction of sp³-hybridized carbons (Fsp3) is 0.818. The van der Waals surface area contributed by atoms with Crippen LogP contribution in [0.1, 0.15) is 39.0 Å². The predicted molar refractivity (Wildman–Crippen MR) is 56.4 cm³/mol. The van der Waals surface area contributed by atoms with Gasteiger partial charge in [-0.3, -0.25) is 9.59 Å². The first-order valence-corrected chi connectivity index (χ1v) is 5.46. The van der Waals surface area contributed by atoms with Gasteiger partial charge in [-0.05, 0) is 25.2 Å². The molecule has 1 saturated carbocycles. The summed E-state index contributed by atoms with van der Waals surface area (Å²) in [5.74, 6) is -0.426. The van der Waals surface area contributed by atoms with Gasteiger partial charge in [0.2, 0.25) is 5.91 Å². The third kappa shape index (κ3) is 3.53. The molecule has 1 rings (SSSR count). The Labute approximate surface area is 90.3 Å². The van der Waals surface area contributed by atoms with E-state index in [0.29, 0.717) is 0 Å². The second-order valence-electron chi connectivity index (χ2n) is 4.41. The van der Waals surface area contributed by atoms with Crippen molar-refractivity contribution in [2.24, 2.45) is 5.92 Å². The Morgan fingerprint density at radius 1 is 1.40 bits per heavy atom. The average Bonchev–Trinajstić information content (AvgIpc) is 2.16. The number of amides is 1. The number of carbonyl (C=O) groups is 2. The zero-order valence-corrected chi connectivity index (χ0v) is 9.40. The van der Waals surface area contributed by atoms with E-state index in [0.717, 1.165) is 25.7 Å². The van der Waals surface area contributed by atoms with Crippen molar-refractivity contribution in [1.82, 2.24) is 4.90 Å². The van der Waals surface area contributed by atoms with Crippen LogP contribution < -0.4 is 0 Å². The molecule has 0 bridgehead atoms. The maximum absolute atomic E-state index is 11.2. The monoisotopic (exact) mass is 213 g/mol. The van der Waals surface area contributed by atoms with Gasteiger partial charge < -0.3 is 10.0 Å². The molecule has 0 saturated heterocycles. The summed E-state index contributed by atoms with van der Waals surface area (Å²) < 4.78 is 0. The Morgan fingerprint density at radius 3 is 2.60 bits per heavy atom. The van der Waals surface area contributed by atoms with Crippen LogP contribution in [0.15, 0.2) is 0 Å². The van der Waals surface area contributed by atoms with Gasteiger partial charge in [-0.1, -0.05) is 6.42 Å². The molecule has 0 aromatic carbocycles. The molecule has 0 spiro atoms. The van der Waals surface area contributed by atoms with Crippen LogP contribution in [0.25, 0.3) is 0 Å². The van der Waals surface area contributed by atoms with E-state index >= 15 is 0 Å². The van der Waals surface area contributed by atoms with E-state index in [9.17, 15) is 9.59 Å². The second-order valence-corrected chi connectivity index (χ2v) is 4.41. The van der Waals surface area contributed by atoms with Gasteiger partial charge in [0.05, 0.1) is 0 Å².